The van der Waals surface area contributed by atoms with Crippen LogP contribution in [-0.4, -0.2) is 17.9 Å². The number of nitrogens with one attached hydrogen (secondary N) is 1. The van der Waals surface area contributed by atoms with Crippen LogP contribution in [0.3, 0.4) is 0 Å². The number of aryl methyl sites for hydroxylation is 1. The van der Waals surface area contributed by atoms with Crippen LogP contribution in [0.4, 0.5) is 5.82 Å². The molecule has 0 aliphatic heterocycles. The number of nitrogens with zero attached hydrogens (tertiary/aromatic N) is 2. The molecule has 0 bridgehead atoms. The van der Waals surface area contributed by atoms with Crippen LogP contribution in [0.2, 0.25) is 0 Å². The normalized spacial score (nSPS) is 10.2. The molecule has 98 valence electrons. The molecule has 0 aliphatic rings. The maximum absolute atomic E-state index is 7.45. The van der Waals surface area contributed by atoms with Crippen LogP contribution in [0.5, 0.6) is 0 Å². The number of anilines is 1. The van der Waals surface area contributed by atoms with E-state index in [1.54, 1.807) is 12.3 Å². The first-order chi connectivity index (χ1) is 9.06. The average molecular weight is 254 g/mol. The van der Waals surface area contributed by atoms with Crippen molar-refractivity contribution in [3.05, 3.63) is 59.3 Å². The minimum Gasteiger partial charge on any atom is -0.384 e. The summed E-state index contributed by atoms with van der Waals surface area (Å²) in [5.41, 5.74) is 8.67. The quantitative estimate of drug-likeness (QED) is 0.650. The van der Waals surface area contributed by atoms with Crippen molar-refractivity contribution in [3.63, 3.8) is 0 Å². The number of nitrogen functional groups attached to an aromatic ring is 1. The van der Waals surface area contributed by atoms with Gasteiger partial charge in [0.1, 0.15) is 11.7 Å². The summed E-state index contributed by atoms with van der Waals surface area (Å²) >= 11 is 0. The Hall–Kier alpha value is -2.36. The number of rotatable bonds is 4. The van der Waals surface area contributed by atoms with E-state index in [-0.39, 0.29) is 5.84 Å². The number of pyridine rings is 1. The van der Waals surface area contributed by atoms with E-state index in [4.69, 9.17) is 11.1 Å². The summed E-state index contributed by atoms with van der Waals surface area (Å²) in [5.74, 6) is 0.877. The SMILES string of the molecule is Cc1cccc(CN(C)c2cc(C(=N)N)ccn2)c1. The molecule has 0 saturated heterocycles. The summed E-state index contributed by atoms with van der Waals surface area (Å²) in [4.78, 5) is 6.36. The monoisotopic (exact) mass is 254 g/mol. The standard InChI is InChI=1S/C15H18N4/c1-11-4-3-5-12(8-11)10-19(2)14-9-13(15(16)17)6-7-18-14/h3-9H,10H2,1-2H3,(H3,16,17). The van der Waals surface area contributed by atoms with Crippen LogP contribution in [0.1, 0.15) is 16.7 Å². The molecule has 0 atom stereocenters. The predicted molar refractivity (Wildman–Crippen MR) is 78.5 cm³/mol. The minimum absolute atomic E-state index is 0.0626. The molecule has 0 fully saturated rings. The number of hydrogen-bond acceptors (Lipinski definition) is 3. The van der Waals surface area contributed by atoms with E-state index in [2.05, 4.69) is 36.2 Å². The molecule has 1 aromatic heterocycles. The molecule has 0 spiro atoms. The minimum atomic E-state index is 0.0626. The van der Waals surface area contributed by atoms with E-state index in [0.717, 1.165) is 12.4 Å². The molecule has 4 nitrogen and oxygen atoms in total. The third-order valence-electron chi connectivity index (χ3n) is 2.95. The van der Waals surface area contributed by atoms with Gasteiger partial charge in [-0.2, -0.15) is 0 Å². The van der Waals surface area contributed by atoms with Gasteiger partial charge in [-0.25, -0.2) is 4.98 Å². The zero-order valence-electron chi connectivity index (χ0n) is 11.2. The number of hydrogen-bond donors (Lipinski definition) is 2. The smallest absolute Gasteiger partial charge is 0.129 e. The van der Waals surface area contributed by atoms with Crippen LogP contribution in [0, 0.1) is 12.3 Å². The Morgan fingerprint density at radius 1 is 1.32 bits per heavy atom. The Balaban J connectivity index is 2.18. The first-order valence-electron chi connectivity index (χ1n) is 6.13. The van der Waals surface area contributed by atoms with Crippen LogP contribution in [-0.2, 0) is 6.54 Å². The van der Waals surface area contributed by atoms with Gasteiger partial charge in [-0.3, -0.25) is 5.41 Å². The van der Waals surface area contributed by atoms with Crippen molar-refractivity contribution in [2.24, 2.45) is 5.73 Å². The molecular formula is C15H18N4. The number of nitrogens with two attached hydrogens (primary N) is 1. The van der Waals surface area contributed by atoms with Gasteiger partial charge in [-0.05, 0) is 24.6 Å². The van der Waals surface area contributed by atoms with Gasteiger partial charge in [-0.1, -0.05) is 29.8 Å². The van der Waals surface area contributed by atoms with E-state index in [0.29, 0.717) is 5.56 Å². The van der Waals surface area contributed by atoms with E-state index in [1.165, 1.54) is 11.1 Å². The van der Waals surface area contributed by atoms with Gasteiger partial charge in [0.2, 0.25) is 0 Å². The second-order valence-corrected chi connectivity index (χ2v) is 4.66. The van der Waals surface area contributed by atoms with Gasteiger partial charge in [0, 0.05) is 25.4 Å². The maximum Gasteiger partial charge on any atom is 0.129 e. The van der Waals surface area contributed by atoms with Gasteiger partial charge in [0.05, 0.1) is 0 Å². The second-order valence-electron chi connectivity index (χ2n) is 4.66. The first-order valence-corrected chi connectivity index (χ1v) is 6.13. The summed E-state index contributed by atoms with van der Waals surface area (Å²) < 4.78 is 0. The molecule has 0 saturated carbocycles. The van der Waals surface area contributed by atoms with Crippen molar-refractivity contribution in [2.75, 3.05) is 11.9 Å². The first kappa shape index (κ1) is 13.1. The van der Waals surface area contributed by atoms with Crippen LogP contribution >= 0.6 is 0 Å². The molecule has 1 aromatic carbocycles. The van der Waals surface area contributed by atoms with Crippen molar-refractivity contribution in [3.8, 4) is 0 Å². The van der Waals surface area contributed by atoms with Gasteiger partial charge in [-0.15, -0.1) is 0 Å². The summed E-state index contributed by atoms with van der Waals surface area (Å²) in [6.07, 6.45) is 1.68. The summed E-state index contributed by atoms with van der Waals surface area (Å²) in [5, 5.41) is 7.45. The highest BCUT2D eigenvalue weighted by Gasteiger charge is 2.06. The molecule has 19 heavy (non-hydrogen) atoms. The fourth-order valence-electron chi connectivity index (χ4n) is 1.96. The second kappa shape index (κ2) is 5.52. The molecular weight excluding hydrogens is 236 g/mol. The fraction of sp³-hybridized carbons (Fsp3) is 0.200. The summed E-state index contributed by atoms with van der Waals surface area (Å²) in [7, 11) is 1.98. The Labute approximate surface area is 113 Å². The topological polar surface area (TPSA) is 66.0 Å². The Morgan fingerprint density at radius 2 is 2.11 bits per heavy atom. The van der Waals surface area contributed by atoms with Crippen molar-refractivity contribution in [1.82, 2.24) is 4.98 Å². The molecule has 4 heteroatoms. The van der Waals surface area contributed by atoms with Gasteiger partial charge in [0.15, 0.2) is 0 Å². The lowest BCUT2D eigenvalue weighted by atomic mass is 10.1. The van der Waals surface area contributed by atoms with Crippen molar-refractivity contribution in [2.45, 2.75) is 13.5 Å². The fourth-order valence-corrected chi connectivity index (χ4v) is 1.96. The third-order valence-corrected chi connectivity index (χ3v) is 2.95. The highest BCUT2D eigenvalue weighted by atomic mass is 15.2. The van der Waals surface area contributed by atoms with E-state index in [9.17, 15) is 0 Å². The molecule has 2 aromatic rings. The zero-order chi connectivity index (χ0) is 13.8. The molecule has 2 rings (SSSR count). The largest absolute Gasteiger partial charge is 0.384 e. The van der Waals surface area contributed by atoms with E-state index < -0.39 is 0 Å². The highest BCUT2D eigenvalue weighted by molar-refractivity contribution is 5.95. The van der Waals surface area contributed by atoms with Crippen molar-refractivity contribution < 1.29 is 0 Å². The highest BCUT2D eigenvalue weighted by Crippen LogP contribution is 2.14. The lowest BCUT2D eigenvalue weighted by Gasteiger charge is -2.19. The molecule has 0 amide bonds. The van der Waals surface area contributed by atoms with Crippen LogP contribution in [0.25, 0.3) is 0 Å². The van der Waals surface area contributed by atoms with Crippen molar-refractivity contribution in [1.29, 1.82) is 5.41 Å². The lowest BCUT2D eigenvalue weighted by molar-refractivity contribution is 0.896. The van der Waals surface area contributed by atoms with Crippen molar-refractivity contribution >= 4 is 11.7 Å². The van der Waals surface area contributed by atoms with Gasteiger partial charge >= 0.3 is 0 Å². The number of benzene rings is 1. The summed E-state index contributed by atoms with van der Waals surface area (Å²) in [6.45, 7) is 2.86. The molecule has 0 radical (unpaired) electrons. The maximum atomic E-state index is 7.45. The van der Waals surface area contributed by atoms with Crippen LogP contribution < -0.4 is 10.6 Å². The lowest BCUT2D eigenvalue weighted by Crippen LogP contribution is -2.19. The average Bonchev–Trinajstić information content (AvgIpc) is 2.39. The number of aromatic nitrogens is 1. The summed E-state index contributed by atoms with van der Waals surface area (Å²) in [6, 6.07) is 12.0. The van der Waals surface area contributed by atoms with Crippen LogP contribution in [0.15, 0.2) is 42.6 Å². The van der Waals surface area contributed by atoms with E-state index >= 15 is 0 Å². The molecule has 0 aliphatic carbocycles. The Morgan fingerprint density at radius 3 is 2.79 bits per heavy atom. The Bertz CT molecular complexity index is 592. The predicted octanol–water partition coefficient (Wildman–Crippen LogP) is 2.31. The zero-order valence-corrected chi connectivity index (χ0v) is 11.2. The number of amidine groups is 1. The molecule has 3 N–H and O–H groups in total. The van der Waals surface area contributed by atoms with E-state index in [1.807, 2.05) is 18.0 Å². The third kappa shape index (κ3) is 3.31. The molecule has 0 unspecified atom stereocenters. The Kier molecular flexibility index (Phi) is 3.80. The van der Waals surface area contributed by atoms with Gasteiger partial charge < -0.3 is 10.6 Å². The molecule has 1 heterocycles. The van der Waals surface area contributed by atoms with Gasteiger partial charge in [0.25, 0.3) is 0 Å².